The maximum atomic E-state index is 11.2. The molecule has 0 aliphatic heterocycles. The highest BCUT2D eigenvalue weighted by molar-refractivity contribution is 5.70. The summed E-state index contributed by atoms with van der Waals surface area (Å²) in [5.41, 5.74) is 1.15. The van der Waals surface area contributed by atoms with Gasteiger partial charge in [-0.05, 0) is 32.3 Å². The van der Waals surface area contributed by atoms with E-state index in [-0.39, 0.29) is 5.97 Å². The van der Waals surface area contributed by atoms with Gasteiger partial charge >= 0.3 is 5.97 Å². The molecule has 84 valence electrons. The quantitative estimate of drug-likeness (QED) is 0.704. The van der Waals surface area contributed by atoms with Gasteiger partial charge in [0, 0.05) is 12.2 Å². The fourth-order valence-electron chi connectivity index (χ4n) is 1.59. The lowest BCUT2D eigenvalue weighted by molar-refractivity contribution is -0.143. The van der Waals surface area contributed by atoms with Crippen LogP contribution in [0.1, 0.15) is 26.7 Å². The Labute approximate surface area is 91.2 Å². The lowest BCUT2D eigenvalue weighted by Gasteiger charge is -2.15. The number of likely N-dealkylation sites (N-methyl/N-ethyl adjacent to an activating group) is 1. The Morgan fingerprint density at radius 1 is 1.60 bits per heavy atom. The molecule has 0 aromatic heterocycles. The predicted molar refractivity (Wildman–Crippen MR) is 60.3 cm³/mol. The molecule has 1 aliphatic carbocycles. The van der Waals surface area contributed by atoms with E-state index in [1.54, 1.807) is 0 Å². The molecule has 0 heterocycles. The summed E-state index contributed by atoms with van der Waals surface area (Å²) in [5, 5.41) is 3.24. The predicted octanol–water partition coefficient (Wildman–Crippen LogP) is 2.01. The van der Waals surface area contributed by atoms with Gasteiger partial charge in [-0.1, -0.05) is 12.2 Å². The Morgan fingerprint density at radius 2 is 2.40 bits per heavy atom. The Bertz CT molecular complexity index is 269. The largest absolute Gasteiger partial charge is 0.466 e. The molecule has 0 radical (unpaired) electrons. The highest BCUT2D eigenvalue weighted by Gasteiger charge is 2.13. The molecule has 3 heteroatoms. The normalized spacial score (nSPS) is 19.6. The molecular weight excluding hydrogens is 190 g/mol. The van der Waals surface area contributed by atoms with E-state index in [0.29, 0.717) is 18.9 Å². The minimum absolute atomic E-state index is 0.104. The van der Waals surface area contributed by atoms with Crippen molar-refractivity contribution in [3.8, 4) is 0 Å². The molecule has 1 rings (SSSR count). The van der Waals surface area contributed by atoms with Crippen LogP contribution in [0.25, 0.3) is 0 Å². The molecule has 0 saturated heterocycles. The SMILES string of the molecule is CCNC1=CC[C@@H](CC(=O)OCC)C=C1. The van der Waals surface area contributed by atoms with Crippen LogP contribution in [0.15, 0.2) is 23.9 Å². The number of nitrogens with one attached hydrogen (secondary N) is 1. The molecule has 1 N–H and O–H groups in total. The summed E-state index contributed by atoms with van der Waals surface area (Å²) in [6.07, 6.45) is 7.65. The van der Waals surface area contributed by atoms with Crippen molar-refractivity contribution in [2.24, 2.45) is 5.92 Å². The van der Waals surface area contributed by atoms with Crippen LogP contribution in [0.2, 0.25) is 0 Å². The van der Waals surface area contributed by atoms with Crippen molar-refractivity contribution >= 4 is 5.97 Å². The first kappa shape index (κ1) is 11.8. The number of allylic oxidation sites excluding steroid dienone is 3. The van der Waals surface area contributed by atoms with E-state index < -0.39 is 0 Å². The Kier molecular flexibility index (Phi) is 4.95. The molecule has 1 aliphatic rings. The Hall–Kier alpha value is -1.25. The highest BCUT2D eigenvalue weighted by atomic mass is 16.5. The van der Waals surface area contributed by atoms with Crippen molar-refractivity contribution in [3.63, 3.8) is 0 Å². The summed E-state index contributed by atoms with van der Waals surface area (Å²) in [4.78, 5) is 11.2. The number of hydrogen-bond donors (Lipinski definition) is 1. The molecule has 0 saturated carbocycles. The van der Waals surface area contributed by atoms with Crippen molar-refractivity contribution < 1.29 is 9.53 Å². The smallest absolute Gasteiger partial charge is 0.306 e. The zero-order valence-electron chi connectivity index (χ0n) is 9.45. The van der Waals surface area contributed by atoms with Gasteiger partial charge in [-0.15, -0.1) is 0 Å². The first-order chi connectivity index (χ1) is 7.26. The second kappa shape index (κ2) is 6.27. The second-order valence-corrected chi connectivity index (χ2v) is 3.55. The highest BCUT2D eigenvalue weighted by Crippen LogP contribution is 2.18. The lowest BCUT2D eigenvalue weighted by Crippen LogP contribution is -2.15. The van der Waals surface area contributed by atoms with E-state index in [1.807, 2.05) is 13.0 Å². The third-order valence-electron chi connectivity index (χ3n) is 2.30. The fraction of sp³-hybridized carbons (Fsp3) is 0.583. The van der Waals surface area contributed by atoms with Crippen LogP contribution in [0.4, 0.5) is 0 Å². The van der Waals surface area contributed by atoms with E-state index in [9.17, 15) is 4.79 Å². The van der Waals surface area contributed by atoms with Crippen LogP contribution in [0, 0.1) is 5.92 Å². The van der Waals surface area contributed by atoms with E-state index in [1.165, 1.54) is 0 Å². The number of carbonyl (C=O) groups excluding carboxylic acids is 1. The van der Waals surface area contributed by atoms with Gasteiger partial charge in [-0.2, -0.15) is 0 Å². The van der Waals surface area contributed by atoms with E-state index in [2.05, 4.69) is 24.4 Å². The molecule has 0 fully saturated rings. The molecule has 15 heavy (non-hydrogen) atoms. The molecule has 0 aromatic carbocycles. The lowest BCUT2D eigenvalue weighted by atomic mass is 9.96. The maximum Gasteiger partial charge on any atom is 0.306 e. The third kappa shape index (κ3) is 4.19. The van der Waals surface area contributed by atoms with E-state index in [4.69, 9.17) is 4.74 Å². The van der Waals surface area contributed by atoms with Crippen LogP contribution >= 0.6 is 0 Å². The molecule has 0 aromatic rings. The molecule has 0 amide bonds. The molecular formula is C12H19NO2. The summed E-state index contributed by atoms with van der Waals surface area (Å²) in [6.45, 7) is 5.30. The summed E-state index contributed by atoms with van der Waals surface area (Å²) in [6, 6.07) is 0. The van der Waals surface area contributed by atoms with E-state index >= 15 is 0 Å². The standard InChI is InChI=1S/C12H19NO2/c1-3-13-11-7-5-10(6-8-11)9-12(14)15-4-2/h5,7-8,10,13H,3-4,6,9H2,1-2H3/t10-/m0/s1. The van der Waals surface area contributed by atoms with Gasteiger partial charge in [0.15, 0.2) is 0 Å². The first-order valence-corrected chi connectivity index (χ1v) is 5.54. The third-order valence-corrected chi connectivity index (χ3v) is 2.30. The van der Waals surface area contributed by atoms with Crippen molar-refractivity contribution in [1.82, 2.24) is 5.32 Å². The van der Waals surface area contributed by atoms with Gasteiger partial charge in [0.2, 0.25) is 0 Å². The van der Waals surface area contributed by atoms with Crippen LogP contribution in [-0.4, -0.2) is 19.1 Å². The molecule has 1 atom stereocenters. The molecule has 0 bridgehead atoms. The average Bonchev–Trinajstić information content (AvgIpc) is 2.22. The van der Waals surface area contributed by atoms with Crippen molar-refractivity contribution in [2.75, 3.05) is 13.2 Å². The maximum absolute atomic E-state index is 11.2. The van der Waals surface area contributed by atoms with Gasteiger partial charge in [0.25, 0.3) is 0 Å². The number of hydrogen-bond acceptors (Lipinski definition) is 3. The number of carbonyl (C=O) groups is 1. The van der Waals surface area contributed by atoms with Crippen LogP contribution < -0.4 is 5.32 Å². The summed E-state index contributed by atoms with van der Waals surface area (Å²) in [7, 11) is 0. The fourth-order valence-corrected chi connectivity index (χ4v) is 1.59. The Morgan fingerprint density at radius 3 is 2.93 bits per heavy atom. The van der Waals surface area contributed by atoms with Crippen molar-refractivity contribution in [3.05, 3.63) is 23.9 Å². The molecule has 0 spiro atoms. The topological polar surface area (TPSA) is 38.3 Å². The summed E-state index contributed by atoms with van der Waals surface area (Å²) < 4.78 is 4.91. The first-order valence-electron chi connectivity index (χ1n) is 5.54. The van der Waals surface area contributed by atoms with Gasteiger partial charge in [-0.25, -0.2) is 0 Å². The van der Waals surface area contributed by atoms with Crippen molar-refractivity contribution in [1.29, 1.82) is 0 Å². The second-order valence-electron chi connectivity index (χ2n) is 3.55. The Balaban J connectivity index is 2.32. The van der Waals surface area contributed by atoms with Gasteiger partial charge in [0.1, 0.15) is 0 Å². The number of esters is 1. The van der Waals surface area contributed by atoms with Crippen molar-refractivity contribution in [2.45, 2.75) is 26.7 Å². The van der Waals surface area contributed by atoms with Crippen LogP contribution in [0.3, 0.4) is 0 Å². The van der Waals surface area contributed by atoms with Gasteiger partial charge in [-0.3, -0.25) is 4.79 Å². The number of ether oxygens (including phenoxy) is 1. The molecule has 0 unspecified atom stereocenters. The average molecular weight is 209 g/mol. The summed E-state index contributed by atoms with van der Waals surface area (Å²) >= 11 is 0. The zero-order valence-corrected chi connectivity index (χ0v) is 9.45. The van der Waals surface area contributed by atoms with Crippen LogP contribution in [0.5, 0.6) is 0 Å². The number of rotatable bonds is 5. The summed E-state index contributed by atoms with van der Waals surface area (Å²) in [5.74, 6) is 0.193. The monoisotopic (exact) mass is 209 g/mol. The van der Waals surface area contributed by atoms with E-state index in [0.717, 1.165) is 18.7 Å². The van der Waals surface area contributed by atoms with Crippen LogP contribution in [-0.2, 0) is 9.53 Å². The van der Waals surface area contributed by atoms with Gasteiger partial charge < -0.3 is 10.1 Å². The zero-order chi connectivity index (χ0) is 11.1. The van der Waals surface area contributed by atoms with Gasteiger partial charge in [0.05, 0.1) is 13.0 Å². The minimum Gasteiger partial charge on any atom is -0.466 e. The molecule has 3 nitrogen and oxygen atoms in total. The minimum atomic E-state index is -0.104.